The first kappa shape index (κ1) is 20.9. The highest BCUT2D eigenvalue weighted by molar-refractivity contribution is 5.94. The zero-order valence-electron chi connectivity index (χ0n) is 17.6. The number of carbonyl (C=O) groups is 2. The van der Waals surface area contributed by atoms with Gasteiger partial charge in [0, 0.05) is 24.6 Å². The van der Waals surface area contributed by atoms with Crippen LogP contribution in [-0.4, -0.2) is 42.3 Å². The number of nitrogens with zero attached hydrogens (tertiary/aromatic N) is 2. The standard InChI is InChI=1S/C23H28N2O4/c1-5-28-20(26)13-17-14-23(19-12-16(15-24)6-7-18(17)19)8-10-25(11-9-23)21(27)29-22(2,3)4/h6-7,12-13H,5,8-11,14H2,1-4H3. The maximum absolute atomic E-state index is 12.4. The van der Waals surface area contributed by atoms with Gasteiger partial charge in [0.25, 0.3) is 0 Å². The maximum Gasteiger partial charge on any atom is 0.410 e. The predicted molar refractivity (Wildman–Crippen MR) is 109 cm³/mol. The molecule has 154 valence electrons. The molecule has 6 nitrogen and oxygen atoms in total. The van der Waals surface area contributed by atoms with Gasteiger partial charge < -0.3 is 14.4 Å². The van der Waals surface area contributed by atoms with E-state index in [9.17, 15) is 14.9 Å². The number of esters is 1. The minimum absolute atomic E-state index is 0.182. The summed E-state index contributed by atoms with van der Waals surface area (Å²) in [6, 6.07) is 7.86. The number of amides is 1. The molecule has 1 saturated heterocycles. The summed E-state index contributed by atoms with van der Waals surface area (Å²) in [5.74, 6) is -0.346. The van der Waals surface area contributed by atoms with Crippen molar-refractivity contribution in [2.45, 2.75) is 58.0 Å². The Morgan fingerprint density at radius 2 is 1.97 bits per heavy atom. The molecule has 1 heterocycles. The second-order valence-electron chi connectivity index (χ2n) is 8.72. The zero-order valence-corrected chi connectivity index (χ0v) is 17.6. The van der Waals surface area contributed by atoms with Crippen LogP contribution in [-0.2, 0) is 19.7 Å². The Morgan fingerprint density at radius 3 is 2.55 bits per heavy atom. The fraction of sp³-hybridized carbons (Fsp3) is 0.522. The molecule has 0 N–H and O–H groups in total. The number of ether oxygens (including phenoxy) is 2. The molecule has 0 atom stereocenters. The van der Waals surface area contributed by atoms with E-state index in [2.05, 4.69) is 6.07 Å². The highest BCUT2D eigenvalue weighted by Gasteiger charge is 2.44. The molecule has 0 unspecified atom stereocenters. The van der Waals surface area contributed by atoms with Crippen molar-refractivity contribution in [1.29, 1.82) is 5.26 Å². The lowest BCUT2D eigenvalue weighted by Crippen LogP contribution is -2.46. The number of piperidine rings is 1. The summed E-state index contributed by atoms with van der Waals surface area (Å²) in [7, 11) is 0. The molecule has 29 heavy (non-hydrogen) atoms. The molecule has 0 radical (unpaired) electrons. The summed E-state index contributed by atoms with van der Waals surface area (Å²) in [6.45, 7) is 8.86. The van der Waals surface area contributed by atoms with Crippen molar-refractivity contribution in [2.75, 3.05) is 19.7 Å². The van der Waals surface area contributed by atoms with Crippen molar-refractivity contribution >= 4 is 17.6 Å². The third-order valence-corrected chi connectivity index (χ3v) is 5.55. The van der Waals surface area contributed by atoms with Gasteiger partial charge in [0.15, 0.2) is 0 Å². The average Bonchev–Trinajstić information content (AvgIpc) is 2.93. The van der Waals surface area contributed by atoms with Gasteiger partial charge in [0.05, 0.1) is 18.2 Å². The Morgan fingerprint density at radius 1 is 1.28 bits per heavy atom. The lowest BCUT2D eigenvalue weighted by Gasteiger charge is -2.40. The number of rotatable bonds is 2. The third-order valence-electron chi connectivity index (χ3n) is 5.55. The number of fused-ring (bicyclic) bond motifs is 2. The quantitative estimate of drug-likeness (QED) is 0.553. The van der Waals surface area contributed by atoms with Gasteiger partial charge in [-0.1, -0.05) is 6.07 Å². The maximum atomic E-state index is 12.4. The first-order valence-corrected chi connectivity index (χ1v) is 10.1. The number of hydrogen-bond acceptors (Lipinski definition) is 5. The molecule has 0 aromatic heterocycles. The largest absolute Gasteiger partial charge is 0.463 e. The molecule has 1 aromatic carbocycles. The molecule has 3 rings (SSSR count). The lowest BCUT2D eigenvalue weighted by atomic mass is 9.73. The van der Waals surface area contributed by atoms with Crippen LogP contribution in [0.5, 0.6) is 0 Å². The van der Waals surface area contributed by atoms with Crippen molar-refractivity contribution in [3.63, 3.8) is 0 Å². The van der Waals surface area contributed by atoms with Gasteiger partial charge in [-0.15, -0.1) is 0 Å². The summed E-state index contributed by atoms with van der Waals surface area (Å²) in [6.07, 6.45) is 3.50. The van der Waals surface area contributed by atoms with Crippen LogP contribution >= 0.6 is 0 Å². The van der Waals surface area contributed by atoms with Gasteiger partial charge >= 0.3 is 12.1 Å². The normalized spacial score (nSPS) is 19.0. The fourth-order valence-electron chi connectivity index (χ4n) is 4.23. The van der Waals surface area contributed by atoms with Gasteiger partial charge in [-0.25, -0.2) is 9.59 Å². The molecular formula is C23H28N2O4. The average molecular weight is 396 g/mol. The second kappa shape index (κ2) is 7.90. The smallest absolute Gasteiger partial charge is 0.410 e. The molecule has 1 amide bonds. The lowest BCUT2D eigenvalue weighted by molar-refractivity contribution is -0.137. The molecule has 1 fully saturated rings. The monoisotopic (exact) mass is 396 g/mol. The minimum Gasteiger partial charge on any atom is -0.463 e. The Labute approximate surface area is 172 Å². The number of carbonyl (C=O) groups excluding carboxylic acids is 2. The van der Waals surface area contributed by atoms with Gasteiger partial charge in [0.1, 0.15) is 5.60 Å². The highest BCUT2D eigenvalue weighted by atomic mass is 16.6. The molecule has 1 aromatic rings. The molecule has 1 spiro atoms. The fourth-order valence-corrected chi connectivity index (χ4v) is 4.23. The van der Waals surface area contributed by atoms with E-state index < -0.39 is 5.60 Å². The number of likely N-dealkylation sites (tertiary alicyclic amines) is 1. The van der Waals surface area contributed by atoms with Crippen LogP contribution in [0, 0.1) is 11.3 Å². The van der Waals surface area contributed by atoms with Crippen molar-refractivity contribution < 1.29 is 19.1 Å². The van der Waals surface area contributed by atoms with E-state index in [0.29, 0.717) is 31.7 Å². The molecular weight excluding hydrogens is 368 g/mol. The number of benzene rings is 1. The summed E-state index contributed by atoms with van der Waals surface area (Å²) in [5, 5.41) is 9.35. The summed E-state index contributed by atoms with van der Waals surface area (Å²) in [4.78, 5) is 26.2. The van der Waals surface area contributed by atoms with E-state index >= 15 is 0 Å². The van der Waals surface area contributed by atoms with Gasteiger partial charge in [0.2, 0.25) is 0 Å². The van der Waals surface area contributed by atoms with Crippen LogP contribution in [0.1, 0.15) is 63.6 Å². The first-order valence-electron chi connectivity index (χ1n) is 10.1. The molecule has 2 aliphatic rings. The van der Waals surface area contributed by atoms with Crippen LogP contribution in [0.15, 0.2) is 24.3 Å². The third kappa shape index (κ3) is 4.45. The molecule has 0 saturated carbocycles. The Hall–Kier alpha value is -2.81. The van der Waals surface area contributed by atoms with Crippen LogP contribution < -0.4 is 0 Å². The van der Waals surface area contributed by atoms with E-state index in [1.165, 1.54) is 0 Å². The van der Waals surface area contributed by atoms with Crippen molar-refractivity contribution in [1.82, 2.24) is 4.90 Å². The molecule has 1 aliphatic carbocycles. The van der Waals surface area contributed by atoms with Crippen molar-refractivity contribution in [2.24, 2.45) is 0 Å². The van der Waals surface area contributed by atoms with E-state index in [4.69, 9.17) is 9.47 Å². The van der Waals surface area contributed by atoms with E-state index in [-0.39, 0.29) is 17.5 Å². The predicted octanol–water partition coefficient (Wildman–Crippen LogP) is 4.18. The Bertz CT molecular complexity index is 881. The van der Waals surface area contributed by atoms with Crippen LogP contribution in [0.25, 0.3) is 5.57 Å². The van der Waals surface area contributed by atoms with E-state index in [0.717, 1.165) is 29.5 Å². The van der Waals surface area contributed by atoms with Gasteiger partial charge in [-0.3, -0.25) is 0 Å². The number of allylic oxidation sites excluding steroid dienone is 1. The summed E-state index contributed by atoms with van der Waals surface area (Å²) < 4.78 is 10.6. The zero-order chi connectivity index (χ0) is 21.2. The first-order chi connectivity index (χ1) is 13.7. The van der Waals surface area contributed by atoms with Gasteiger partial charge in [-0.05, 0) is 75.8 Å². The van der Waals surface area contributed by atoms with Crippen molar-refractivity contribution in [3.8, 4) is 6.07 Å². The number of hydrogen-bond donors (Lipinski definition) is 0. The summed E-state index contributed by atoms with van der Waals surface area (Å²) in [5.41, 5.74) is 2.94. The summed E-state index contributed by atoms with van der Waals surface area (Å²) >= 11 is 0. The minimum atomic E-state index is -0.524. The van der Waals surface area contributed by atoms with Crippen LogP contribution in [0.2, 0.25) is 0 Å². The van der Waals surface area contributed by atoms with Gasteiger partial charge in [-0.2, -0.15) is 5.26 Å². The Kier molecular flexibility index (Phi) is 5.70. The topological polar surface area (TPSA) is 79.6 Å². The molecule has 1 aliphatic heterocycles. The van der Waals surface area contributed by atoms with E-state index in [1.54, 1.807) is 24.0 Å². The second-order valence-corrected chi connectivity index (χ2v) is 8.72. The van der Waals surface area contributed by atoms with Crippen LogP contribution in [0.4, 0.5) is 4.79 Å². The highest BCUT2D eigenvalue weighted by Crippen LogP contribution is 2.51. The SMILES string of the molecule is CCOC(=O)C=C1CC2(CCN(C(=O)OC(C)(C)C)CC2)c2cc(C#N)ccc21. The molecule has 6 heteroatoms. The Balaban J connectivity index is 1.86. The van der Waals surface area contributed by atoms with Crippen molar-refractivity contribution in [3.05, 3.63) is 41.0 Å². The molecule has 0 bridgehead atoms. The van der Waals surface area contributed by atoms with Crippen LogP contribution in [0.3, 0.4) is 0 Å². The number of nitriles is 1. The van der Waals surface area contributed by atoms with E-state index in [1.807, 2.05) is 32.9 Å².